The Balaban J connectivity index is 2.59. The molecule has 1 aliphatic rings. The van der Waals surface area contributed by atoms with Crippen LogP contribution in [0.15, 0.2) is 0 Å². The van der Waals surface area contributed by atoms with Crippen LogP contribution in [0.2, 0.25) is 0 Å². The van der Waals surface area contributed by atoms with Crippen molar-refractivity contribution in [3.8, 4) is 0 Å². The Kier molecular flexibility index (Phi) is 4.68. The Morgan fingerprint density at radius 2 is 1.18 bits per heavy atom. The summed E-state index contributed by atoms with van der Waals surface area (Å²) in [6, 6.07) is 0. The first-order valence-electron chi connectivity index (χ1n) is 7.26. The molecule has 0 saturated heterocycles. The highest BCUT2D eigenvalue weighted by Gasteiger charge is 2.35. The molecule has 1 fully saturated rings. The van der Waals surface area contributed by atoms with Gasteiger partial charge in [0.1, 0.15) is 0 Å². The number of hydrogen-bond acceptors (Lipinski definition) is 1. The molecule has 0 aromatic carbocycles. The highest BCUT2D eigenvalue weighted by atomic mass is 16.3. The summed E-state index contributed by atoms with van der Waals surface area (Å²) in [4.78, 5) is 0. The van der Waals surface area contributed by atoms with Crippen molar-refractivity contribution in [2.24, 2.45) is 22.7 Å². The monoisotopic (exact) mass is 240 g/mol. The maximum absolute atomic E-state index is 10.6. The zero-order chi connectivity index (χ0) is 13.3. The molecule has 0 heterocycles. The van der Waals surface area contributed by atoms with E-state index in [-0.39, 0.29) is 6.10 Å². The lowest BCUT2D eigenvalue weighted by molar-refractivity contribution is -0.0139. The first-order valence-corrected chi connectivity index (χ1v) is 7.26. The van der Waals surface area contributed by atoms with Crippen molar-refractivity contribution in [3.63, 3.8) is 0 Å². The fraction of sp³-hybridized carbons (Fsp3) is 1.00. The molecule has 1 N–H and O–H groups in total. The van der Waals surface area contributed by atoms with Crippen LogP contribution < -0.4 is 0 Å². The Morgan fingerprint density at radius 3 is 1.47 bits per heavy atom. The van der Waals surface area contributed by atoms with Gasteiger partial charge in [-0.1, -0.05) is 48.0 Å². The molecule has 1 aliphatic carbocycles. The van der Waals surface area contributed by atoms with E-state index < -0.39 is 0 Å². The smallest absolute Gasteiger partial charge is 0.0596 e. The van der Waals surface area contributed by atoms with Gasteiger partial charge in [0.15, 0.2) is 0 Å². The van der Waals surface area contributed by atoms with Crippen molar-refractivity contribution in [3.05, 3.63) is 0 Å². The lowest BCUT2D eigenvalue weighted by Gasteiger charge is -2.40. The molecule has 0 spiro atoms. The second-order valence-electron chi connectivity index (χ2n) is 8.47. The lowest BCUT2D eigenvalue weighted by Crippen LogP contribution is -2.37. The summed E-state index contributed by atoms with van der Waals surface area (Å²) < 4.78 is 0. The molecule has 0 radical (unpaired) electrons. The van der Waals surface area contributed by atoms with Crippen LogP contribution in [0.1, 0.15) is 73.6 Å². The second-order valence-corrected chi connectivity index (χ2v) is 8.47. The third-order valence-electron chi connectivity index (χ3n) is 3.86. The molecule has 0 bridgehead atoms. The van der Waals surface area contributed by atoms with Gasteiger partial charge in [0.25, 0.3) is 0 Å². The number of aliphatic hydroxyl groups is 1. The third kappa shape index (κ3) is 5.42. The minimum Gasteiger partial charge on any atom is -0.393 e. The first kappa shape index (κ1) is 15.0. The minimum absolute atomic E-state index is 0.0674. The van der Waals surface area contributed by atoms with Crippen molar-refractivity contribution >= 4 is 0 Å². The molecule has 1 rings (SSSR count). The number of rotatable bonds is 2. The summed E-state index contributed by atoms with van der Waals surface area (Å²) in [6.07, 6.45) is 6.00. The van der Waals surface area contributed by atoms with Crippen LogP contribution in [0.3, 0.4) is 0 Å². The molecule has 0 aromatic heterocycles. The Hall–Kier alpha value is -0.0400. The minimum atomic E-state index is -0.0674. The van der Waals surface area contributed by atoms with Gasteiger partial charge in [-0.05, 0) is 48.3 Å². The van der Waals surface area contributed by atoms with E-state index >= 15 is 0 Å². The van der Waals surface area contributed by atoms with Gasteiger partial charge in [-0.25, -0.2) is 0 Å². The van der Waals surface area contributed by atoms with Gasteiger partial charge in [0.2, 0.25) is 0 Å². The van der Waals surface area contributed by atoms with Crippen molar-refractivity contribution in [2.45, 2.75) is 79.8 Å². The van der Waals surface area contributed by atoms with E-state index in [0.717, 1.165) is 12.8 Å². The van der Waals surface area contributed by atoms with Crippen LogP contribution in [0, 0.1) is 22.7 Å². The zero-order valence-corrected chi connectivity index (χ0v) is 12.7. The largest absolute Gasteiger partial charge is 0.393 e. The molecule has 102 valence electrons. The summed E-state index contributed by atoms with van der Waals surface area (Å²) >= 11 is 0. The van der Waals surface area contributed by atoms with Crippen molar-refractivity contribution < 1.29 is 5.11 Å². The SMILES string of the molecule is CC(C)(C)CC1CCCC(CC(C)(C)C)C1O. The normalized spacial score (nSPS) is 31.6. The summed E-state index contributed by atoms with van der Waals surface area (Å²) in [5, 5.41) is 10.6. The molecule has 17 heavy (non-hydrogen) atoms. The molecule has 1 heteroatoms. The van der Waals surface area contributed by atoms with Gasteiger partial charge in [-0.2, -0.15) is 0 Å². The van der Waals surface area contributed by atoms with Crippen LogP contribution >= 0.6 is 0 Å². The van der Waals surface area contributed by atoms with Crippen LogP contribution in [0.25, 0.3) is 0 Å². The quantitative estimate of drug-likeness (QED) is 0.745. The highest BCUT2D eigenvalue weighted by Crippen LogP contribution is 2.41. The van der Waals surface area contributed by atoms with Gasteiger partial charge < -0.3 is 5.11 Å². The van der Waals surface area contributed by atoms with E-state index in [1.165, 1.54) is 19.3 Å². The average Bonchev–Trinajstić information content (AvgIpc) is 2.07. The molecular weight excluding hydrogens is 208 g/mol. The predicted octanol–water partition coefficient (Wildman–Crippen LogP) is 4.64. The van der Waals surface area contributed by atoms with Gasteiger partial charge in [0, 0.05) is 0 Å². The topological polar surface area (TPSA) is 20.2 Å². The van der Waals surface area contributed by atoms with E-state index in [9.17, 15) is 5.11 Å². The summed E-state index contributed by atoms with van der Waals surface area (Å²) in [7, 11) is 0. The van der Waals surface area contributed by atoms with Gasteiger partial charge >= 0.3 is 0 Å². The van der Waals surface area contributed by atoms with Crippen LogP contribution in [-0.4, -0.2) is 11.2 Å². The fourth-order valence-corrected chi connectivity index (χ4v) is 3.39. The van der Waals surface area contributed by atoms with Crippen LogP contribution in [-0.2, 0) is 0 Å². The Labute approximate surface area is 108 Å². The Morgan fingerprint density at radius 1 is 0.824 bits per heavy atom. The van der Waals surface area contributed by atoms with E-state index in [4.69, 9.17) is 0 Å². The fourth-order valence-electron chi connectivity index (χ4n) is 3.39. The van der Waals surface area contributed by atoms with Crippen molar-refractivity contribution in [1.82, 2.24) is 0 Å². The number of hydrogen-bond donors (Lipinski definition) is 1. The average molecular weight is 240 g/mol. The summed E-state index contributed by atoms with van der Waals surface area (Å²) in [6.45, 7) is 13.7. The van der Waals surface area contributed by atoms with E-state index in [0.29, 0.717) is 22.7 Å². The molecule has 0 amide bonds. The van der Waals surface area contributed by atoms with Crippen LogP contribution in [0.4, 0.5) is 0 Å². The lowest BCUT2D eigenvalue weighted by atomic mass is 9.68. The first-order chi connectivity index (χ1) is 7.58. The summed E-state index contributed by atoms with van der Waals surface area (Å²) in [5.41, 5.74) is 0.685. The maximum atomic E-state index is 10.6. The molecule has 2 atom stereocenters. The molecule has 0 aromatic rings. The van der Waals surface area contributed by atoms with Gasteiger partial charge in [-0.15, -0.1) is 0 Å². The molecule has 2 unspecified atom stereocenters. The molecule has 0 aliphatic heterocycles. The molecule has 1 nitrogen and oxygen atoms in total. The van der Waals surface area contributed by atoms with Crippen molar-refractivity contribution in [2.75, 3.05) is 0 Å². The summed E-state index contributed by atoms with van der Waals surface area (Å²) in [5.74, 6) is 1.05. The third-order valence-corrected chi connectivity index (χ3v) is 3.86. The standard InChI is InChI=1S/C16H32O/c1-15(2,3)10-12-8-7-9-13(14(12)17)11-16(4,5)6/h12-14,17H,7-11H2,1-6H3. The maximum Gasteiger partial charge on any atom is 0.0596 e. The van der Waals surface area contributed by atoms with Crippen LogP contribution in [0.5, 0.6) is 0 Å². The highest BCUT2D eigenvalue weighted by molar-refractivity contribution is 4.86. The van der Waals surface area contributed by atoms with E-state index in [1.54, 1.807) is 0 Å². The Bertz CT molecular complexity index is 207. The van der Waals surface area contributed by atoms with E-state index in [2.05, 4.69) is 41.5 Å². The molecular formula is C16H32O. The van der Waals surface area contributed by atoms with Gasteiger partial charge in [0.05, 0.1) is 6.10 Å². The zero-order valence-electron chi connectivity index (χ0n) is 12.7. The predicted molar refractivity (Wildman–Crippen MR) is 75.0 cm³/mol. The van der Waals surface area contributed by atoms with E-state index in [1.807, 2.05) is 0 Å². The molecule has 1 saturated carbocycles. The number of aliphatic hydroxyl groups excluding tert-OH is 1. The van der Waals surface area contributed by atoms with Gasteiger partial charge in [-0.3, -0.25) is 0 Å². The van der Waals surface area contributed by atoms with Crippen molar-refractivity contribution in [1.29, 1.82) is 0 Å². The second kappa shape index (κ2) is 5.30.